The lowest BCUT2D eigenvalue weighted by Gasteiger charge is -2.12. The van der Waals surface area contributed by atoms with E-state index in [1.165, 1.54) is 23.1 Å². The van der Waals surface area contributed by atoms with E-state index in [0.29, 0.717) is 0 Å². The molecule has 2 heteroatoms. The average molecular weight is 319 g/mol. The molecule has 0 spiro atoms. The lowest BCUT2D eigenvalue weighted by atomic mass is 10.1. The Morgan fingerprint density at radius 1 is 1.00 bits per heavy atom. The van der Waals surface area contributed by atoms with Gasteiger partial charge in [-0.25, -0.2) is 0 Å². The van der Waals surface area contributed by atoms with Gasteiger partial charge < -0.3 is 4.74 Å². The second-order valence-electron chi connectivity index (χ2n) is 4.89. The van der Waals surface area contributed by atoms with Crippen molar-refractivity contribution in [3.05, 3.63) is 57.6 Å². The van der Waals surface area contributed by atoms with E-state index in [0.717, 1.165) is 22.4 Å². The van der Waals surface area contributed by atoms with Gasteiger partial charge in [-0.3, -0.25) is 0 Å². The van der Waals surface area contributed by atoms with Crippen LogP contribution in [0.15, 0.2) is 40.9 Å². The van der Waals surface area contributed by atoms with E-state index in [-0.39, 0.29) is 0 Å². The molecule has 0 unspecified atom stereocenters. The maximum Gasteiger partial charge on any atom is 0.141 e. The van der Waals surface area contributed by atoms with Crippen molar-refractivity contribution < 1.29 is 4.74 Å². The highest BCUT2D eigenvalue weighted by Crippen LogP contribution is 2.32. The zero-order chi connectivity index (χ0) is 13.8. The number of hydrogen-bond donors (Lipinski definition) is 0. The molecule has 0 atom stereocenters. The summed E-state index contributed by atoms with van der Waals surface area (Å²) < 4.78 is 6.99. The normalized spacial score (nSPS) is 10.5. The second-order valence-corrected chi connectivity index (χ2v) is 5.74. The fourth-order valence-electron chi connectivity index (χ4n) is 2.08. The number of rotatable bonds is 4. The van der Waals surface area contributed by atoms with Crippen LogP contribution in [0, 0.1) is 13.8 Å². The highest BCUT2D eigenvalue weighted by molar-refractivity contribution is 9.10. The van der Waals surface area contributed by atoms with Crippen LogP contribution in [0.5, 0.6) is 11.5 Å². The van der Waals surface area contributed by atoms with Crippen molar-refractivity contribution in [2.75, 3.05) is 0 Å². The zero-order valence-corrected chi connectivity index (χ0v) is 13.3. The van der Waals surface area contributed by atoms with Gasteiger partial charge >= 0.3 is 0 Å². The van der Waals surface area contributed by atoms with Crippen molar-refractivity contribution in [2.24, 2.45) is 0 Å². The van der Waals surface area contributed by atoms with E-state index >= 15 is 0 Å². The Morgan fingerprint density at radius 3 is 2.47 bits per heavy atom. The van der Waals surface area contributed by atoms with Crippen molar-refractivity contribution in [2.45, 2.75) is 33.6 Å². The third-order valence-electron chi connectivity index (χ3n) is 3.08. The molecule has 0 N–H and O–H groups in total. The van der Waals surface area contributed by atoms with Gasteiger partial charge in [0, 0.05) is 0 Å². The Bertz CT molecular complexity index is 575. The molecule has 0 aliphatic carbocycles. The van der Waals surface area contributed by atoms with Crippen LogP contribution in [0.25, 0.3) is 0 Å². The van der Waals surface area contributed by atoms with Crippen LogP contribution >= 0.6 is 15.9 Å². The monoisotopic (exact) mass is 318 g/mol. The first-order chi connectivity index (χ1) is 9.10. The molecule has 2 aromatic carbocycles. The Morgan fingerprint density at radius 2 is 1.79 bits per heavy atom. The summed E-state index contributed by atoms with van der Waals surface area (Å²) in [4.78, 5) is 0. The molecule has 0 amide bonds. The standard InChI is InChI=1S/C17H19BrO/c1-4-5-14-7-9-16(13(3)11-14)19-17-10-12(2)6-8-15(17)18/h6-11H,4-5H2,1-3H3. The van der Waals surface area contributed by atoms with Crippen LogP contribution in [0.1, 0.15) is 30.0 Å². The van der Waals surface area contributed by atoms with Crippen molar-refractivity contribution >= 4 is 15.9 Å². The Hall–Kier alpha value is -1.28. The van der Waals surface area contributed by atoms with Gasteiger partial charge in [-0.05, 0) is 71.1 Å². The van der Waals surface area contributed by atoms with Crippen molar-refractivity contribution in [3.63, 3.8) is 0 Å². The quantitative estimate of drug-likeness (QED) is 0.691. The molecule has 0 aromatic heterocycles. The van der Waals surface area contributed by atoms with Gasteiger partial charge in [0.2, 0.25) is 0 Å². The largest absolute Gasteiger partial charge is 0.456 e. The molecule has 2 rings (SSSR count). The maximum atomic E-state index is 6.01. The van der Waals surface area contributed by atoms with Gasteiger partial charge in [-0.2, -0.15) is 0 Å². The van der Waals surface area contributed by atoms with Crippen molar-refractivity contribution in [1.82, 2.24) is 0 Å². The van der Waals surface area contributed by atoms with Gasteiger partial charge in [-0.15, -0.1) is 0 Å². The Labute approximate surface area is 123 Å². The first kappa shape index (κ1) is 14.1. The van der Waals surface area contributed by atoms with Crippen molar-refractivity contribution in [3.8, 4) is 11.5 Å². The van der Waals surface area contributed by atoms with E-state index in [1.807, 2.05) is 12.1 Å². The lowest BCUT2D eigenvalue weighted by Crippen LogP contribution is -1.91. The molecule has 0 radical (unpaired) electrons. The van der Waals surface area contributed by atoms with Crippen molar-refractivity contribution in [1.29, 1.82) is 0 Å². The summed E-state index contributed by atoms with van der Waals surface area (Å²) in [7, 11) is 0. The van der Waals surface area contributed by atoms with Gasteiger partial charge in [0.05, 0.1) is 4.47 Å². The summed E-state index contributed by atoms with van der Waals surface area (Å²) in [5, 5.41) is 0. The first-order valence-corrected chi connectivity index (χ1v) is 7.43. The highest BCUT2D eigenvalue weighted by Gasteiger charge is 2.06. The van der Waals surface area contributed by atoms with Crippen LogP contribution in [-0.2, 0) is 6.42 Å². The first-order valence-electron chi connectivity index (χ1n) is 6.63. The minimum absolute atomic E-state index is 0.867. The molecule has 0 aliphatic rings. The molecule has 100 valence electrons. The molecule has 19 heavy (non-hydrogen) atoms. The summed E-state index contributed by atoms with van der Waals surface area (Å²) in [5.41, 5.74) is 3.74. The average Bonchev–Trinajstić information content (AvgIpc) is 2.37. The third kappa shape index (κ3) is 3.60. The van der Waals surface area contributed by atoms with E-state index in [9.17, 15) is 0 Å². The number of halogens is 1. The summed E-state index contributed by atoms with van der Waals surface area (Å²) in [6, 6.07) is 12.6. The van der Waals surface area contributed by atoms with E-state index in [4.69, 9.17) is 4.74 Å². The minimum Gasteiger partial charge on any atom is -0.456 e. The molecule has 0 saturated heterocycles. The fraction of sp³-hybridized carbons (Fsp3) is 0.294. The van der Waals surface area contributed by atoms with E-state index in [2.05, 4.69) is 61.0 Å². The number of hydrogen-bond acceptors (Lipinski definition) is 1. The third-order valence-corrected chi connectivity index (χ3v) is 3.74. The topological polar surface area (TPSA) is 9.23 Å². The zero-order valence-electron chi connectivity index (χ0n) is 11.7. The van der Waals surface area contributed by atoms with Gasteiger partial charge in [0.1, 0.15) is 11.5 Å². The number of benzene rings is 2. The Balaban J connectivity index is 2.25. The summed E-state index contributed by atoms with van der Waals surface area (Å²) >= 11 is 3.53. The van der Waals surface area contributed by atoms with Crippen LogP contribution in [0.3, 0.4) is 0 Å². The van der Waals surface area contributed by atoms with Crippen LogP contribution in [-0.4, -0.2) is 0 Å². The highest BCUT2D eigenvalue weighted by atomic mass is 79.9. The van der Waals surface area contributed by atoms with Crippen LogP contribution in [0.4, 0.5) is 0 Å². The van der Waals surface area contributed by atoms with Gasteiger partial charge in [0.25, 0.3) is 0 Å². The molecular weight excluding hydrogens is 300 g/mol. The molecule has 0 bridgehead atoms. The second kappa shape index (κ2) is 6.25. The molecule has 0 saturated carbocycles. The summed E-state index contributed by atoms with van der Waals surface area (Å²) in [6.45, 7) is 6.36. The summed E-state index contributed by atoms with van der Waals surface area (Å²) in [5.74, 6) is 1.79. The Kier molecular flexibility index (Phi) is 4.65. The maximum absolute atomic E-state index is 6.01. The van der Waals surface area contributed by atoms with E-state index < -0.39 is 0 Å². The molecular formula is C17H19BrO. The molecule has 2 aromatic rings. The molecule has 0 fully saturated rings. The minimum atomic E-state index is 0.867. The summed E-state index contributed by atoms with van der Waals surface area (Å²) in [6.07, 6.45) is 2.29. The van der Waals surface area contributed by atoms with E-state index in [1.54, 1.807) is 0 Å². The SMILES string of the molecule is CCCc1ccc(Oc2cc(C)ccc2Br)c(C)c1. The number of aryl methyl sites for hydroxylation is 3. The van der Waals surface area contributed by atoms with Gasteiger partial charge in [-0.1, -0.05) is 31.5 Å². The number of ether oxygens (including phenoxy) is 1. The van der Waals surface area contributed by atoms with Crippen LogP contribution in [0.2, 0.25) is 0 Å². The predicted molar refractivity (Wildman–Crippen MR) is 84.1 cm³/mol. The molecule has 1 nitrogen and oxygen atoms in total. The lowest BCUT2D eigenvalue weighted by molar-refractivity contribution is 0.475. The molecule has 0 aliphatic heterocycles. The molecule has 0 heterocycles. The smallest absolute Gasteiger partial charge is 0.141 e. The fourth-order valence-corrected chi connectivity index (χ4v) is 2.41. The predicted octanol–water partition coefficient (Wildman–Crippen LogP) is 5.81. The van der Waals surface area contributed by atoms with Crippen LogP contribution < -0.4 is 4.74 Å². The van der Waals surface area contributed by atoms with Gasteiger partial charge in [0.15, 0.2) is 0 Å².